The van der Waals surface area contributed by atoms with E-state index < -0.39 is 0 Å². The van der Waals surface area contributed by atoms with Crippen LogP contribution in [-0.2, 0) is 0 Å². The second kappa shape index (κ2) is 6.99. The smallest absolute Gasteiger partial charge is 0.259 e. The van der Waals surface area contributed by atoms with Gasteiger partial charge in [-0.15, -0.1) is 0 Å². The van der Waals surface area contributed by atoms with Crippen molar-refractivity contribution in [3.63, 3.8) is 0 Å². The van der Waals surface area contributed by atoms with Crippen molar-refractivity contribution in [2.75, 3.05) is 26.2 Å². The second-order valence-electron chi connectivity index (χ2n) is 8.65. The number of hydrogen-bond donors (Lipinski definition) is 1. The summed E-state index contributed by atoms with van der Waals surface area (Å²) in [5.74, 6) is 0.766. The van der Waals surface area contributed by atoms with Crippen LogP contribution in [0, 0.1) is 5.41 Å². The molecular formula is C22H26N4O3. The van der Waals surface area contributed by atoms with Crippen LogP contribution in [0.3, 0.4) is 0 Å². The number of likely N-dealkylation sites (tertiary alicyclic amines) is 1. The molecule has 5 heterocycles. The van der Waals surface area contributed by atoms with Crippen molar-refractivity contribution in [3.05, 3.63) is 35.7 Å². The van der Waals surface area contributed by atoms with Gasteiger partial charge in [0.1, 0.15) is 5.69 Å². The maximum atomic E-state index is 13.6. The third-order valence-electron chi connectivity index (χ3n) is 6.47. The van der Waals surface area contributed by atoms with E-state index in [2.05, 4.69) is 15.5 Å². The molecule has 152 valence electrons. The van der Waals surface area contributed by atoms with E-state index >= 15 is 0 Å². The third-order valence-corrected chi connectivity index (χ3v) is 6.47. The van der Waals surface area contributed by atoms with Gasteiger partial charge < -0.3 is 19.2 Å². The highest BCUT2D eigenvalue weighted by Gasteiger charge is 2.38. The maximum absolute atomic E-state index is 13.6. The van der Waals surface area contributed by atoms with Gasteiger partial charge in [0.2, 0.25) is 0 Å². The molecule has 0 aromatic carbocycles. The number of carbonyl (C=O) groups excluding carboxylic acids is 1. The fraction of sp³-hybridized carbons (Fsp3) is 0.500. The average molecular weight is 394 g/mol. The molecule has 0 atom stereocenters. The number of hydrogen-bond acceptors (Lipinski definition) is 6. The monoisotopic (exact) mass is 394 g/mol. The lowest BCUT2D eigenvalue weighted by molar-refractivity contribution is 0.0609. The fourth-order valence-electron chi connectivity index (χ4n) is 4.66. The van der Waals surface area contributed by atoms with Crippen molar-refractivity contribution in [3.8, 4) is 11.5 Å². The number of rotatable bonds is 3. The Bertz CT molecular complexity index is 1020. The lowest BCUT2D eigenvalue weighted by atomic mass is 9.77. The molecule has 1 N–H and O–H groups in total. The minimum Gasteiger partial charge on any atom is -0.463 e. The molecule has 0 radical (unpaired) electrons. The van der Waals surface area contributed by atoms with E-state index in [1.807, 2.05) is 36.9 Å². The summed E-state index contributed by atoms with van der Waals surface area (Å²) in [6.45, 7) is 7.81. The van der Waals surface area contributed by atoms with E-state index in [-0.39, 0.29) is 11.8 Å². The third kappa shape index (κ3) is 3.13. The van der Waals surface area contributed by atoms with Gasteiger partial charge in [-0.2, -0.15) is 0 Å². The zero-order valence-corrected chi connectivity index (χ0v) is 16.9. The highest BCUT2D eigenvalue weighted by atomic mass is 16.5. The average Bonchev–Trinajstić information content (AvgIpc) is 3.48. The molecule has 2 aliphatic rings. The highest BCUT2D eigenvalue weighted by Crippen LogP contribution is 2.38. The Morgan fingerprint density at radius 3 is 2.76 bits per heavy atom. The van der Waals surface area contributed by atoms with E-state index in [4.69, 9.17) is 8.94 Å². The molecule has 0 saturated carbocycles. The molecule has 5 rings (SSSR count). The highest BCUT2D eigenvalue weighted by molar-refractivity contribution is 6.07. The summed E-state index contributed by atoms with van der Waals surface area (Å²) in [5, 5.41) is 8.42. The number of aromatic nitrogens is 2. The Balaban J connectivity index is 1.53. The molecule has 0 unspecified atom stereocenters. The largest absolute Gasteiger partial charge is 0.463 e. The molecular weight excluding hydrogens is 368 g/mol. The van der Waals surface area contributed by atoms with Crippen molar-refractivity contribution in [2.45, 2.75) is 39.0 Å². The SMILES string of the molecule is CC(C)c1noc2nc(-c3ccco3)cc(C(=O)N3CCC4(CCNC4)CC3)c12. The zero-order valence-electron chi connectivity index (χ0n) is 16.9. The molecule has 7 nitrogen and oxygen atoms in total. The van der Waals surface area contributed by atoms with E-state index in [1.165, 1.54) is 6.42 Å². The summed E-state index contributed by atoms with van der Waals surface area (Å²) in [5.41, 5.74) is 2.72. The molecule has 3 aromatic heterocycles. The van der Waals surface area contributed by atoms with Crippen molar-refractivity contribution in [1.82, 2.24) is 20.4 Å². The normalized spacial score (nSPS) is 18.9. The van der Waals surface area contributed by atoms with Gasteiger partial charge in [-0.1, -0.05) is 19.0 Å². The predicted molar refractivity (Wildman–Crippen MR) is 109 cm³/mol. The Kier molecular flexibility index (Phi) is 4.42. The number of piperidine rings is 1. The number of amides is 1. The topological polar surface area (TPSA) is 84.4 Å². The van der Waals surface area contributed by atoms with E-state index in [1.54, 1.807) is 6.26 Å². The van der Waals surface area contributed by atoms with Crippen LogP contribution in [0.1, 0.15) is 55.1 Å². The number of fused-ring (bicyclic) bond motifs is 1. The fourth-order valence-corrected chi connectivity index (χ4v) is 4.66. The van der Waals surface area contributed by atoms with E-state index in [0.717, 1.165) is 50.1 Å². The van der Waals surface area contributed by atoms with Crippen LogP contribution >= 0.6 is 0 Å². The second-order valence-corrected chi connectivity index (χ2v) is 8.65. The van der Waals surface area contributed by atoms with Gasteiger partial charge in [-0.3, -0.25) is 4.79 Å². The van der Waals surface area contributed by atoms with Gasteiger partial charge in [-0.05, 0) is 55.3 Å². The molecule has 29 heavy (non-hydrogen) atoms. The summed E-state index contributed by atoms with van der Waals surface area (Å²) in [6, 6.07) is 5.47. The first kappa shape index (κ1) is 18.4. The van der Waals surface area contributed by atoms with Crippen molar-refractivity contribution in [2.24, 2.45) is 5.41 Å². The Morgan fingerprint density at radius 1 is 1.28 bits per heavy atom. The molecule has 2 saturated heterocycles. The standard InChI is InChI=1S/C22H26N4O3/c1-14(2)19-18-15(12-16(17-4-3-11-28-17)24-20(18)29-25-19)21(27)26-9-6-22(7-10-26)5-8-23-13-22/h3-4,11-12,14,23H,5-10,13H2,1-2H3. The van der Waals surface area contributed by atoms with Crippen LogP contribution in [0.5, 0.6) is 0 Å². The van der Waals surface area contributed by atoms with E-state index in [0.29, 0.717) is 28.1 Å². The molecule has 3 aromatic rings. The predicted octanol–water partition coefficient (Wildman–Crippen LogP) is 3.82. The minimum atomic E-state index is 0.0242. The van der Waals surface area contributed by atoms with Gasteiger partial charge in [0.25, 0.3) is 11.6 Å². The molecule has 1 spiro atoms. The van der Waals surface area contributed by atoms with Crippen molar-refractivity contribution in [1.29, 1.82) is 0 Å². The lowest BCUT2D eigenvalue weighted by Gasteiger charge is -2.39. The van der Waals surface area contributed by atoms with Crippen molar-refractivity contribution < 1.29 is 13.7 Å². The number of carbonyl (C=O) groups is 1. The summed E-state index contributed by atoms with van der Waals surface area (Å²) in [6.07, 6.45) is 4.90. The van der Waals surface area contributed by atoms with Gasteiger partial charge in [-0.25, -0.2) is 4.98 Å². The van der Waals surface area contributed by atoms with Crippen molar-refractivity contribution >= 4 is 17.0 Å². The number of nitrogens with one attached hydrogen (secondary N) is 1. The molecule has 0 aliphatic carbocycles. The molecule has 1 amide bonds. The molecule has 7 heteroatoms. The summed E-state index contributed by atoms with van der Waals surface area (Å²) >= 11 is 0. The number of nitrogens with zero attached hydrogens (tertiary/aromatic N) is 3. The Labute approximate surface area is 169 Å². The Morgan fingerprint density at radius 2 is 2.10 bits per heavy atom. The molecule has 2 fully saturated rings. The number of furan rings is 1. The van der Waals surface area contributed by atoms with Crippen LogP contribution in [0.2, 0.25) is 0 Å². The van der Waals surface area contributed by atoms with Gasteiger partial charge >= 0.3 is 0 Å². The van der Waals surface area contributed by atoms with Crippen LogP contribution in [0.25, 0.3) is 22.6 Å². The maximum Gasteiger partial charge on any atom is 0.259 e. The first-order valence-electron chi connectivity index (χ1n) is 10.4. The van der Waals surface area contributed by atoms with E-state index in [9.17, 15) is 4.79 Å². The van der Waals surface area contributed by atoms with Crippen LogP contribution in [-0.4, -0.2) is 47.1 Å². The van der Waals surface area contributed by atoms with Gasteiger partial charge in [0.05, 0.1) is 22.9 Å². The van der Waals surface area contributed by atoms with Crippen LogP contribution in [0.15, 0.2) is 33.4 Å². The first-order valence-corrected chi connectivity index (χ1v) is 10.4. The Hall–Kier alpha value is -2.67. The van der Waals surface area contributed by atoms with Gasteiger partial charge in [0.15, 0.2) is 5.76 Å². The zero-order chi connectivity index (χ0) is 20.0. The van der Waals surface area contributed by atoms with Crippen LogP contribution in [0.4, 0.5) is 0 Å². The molecule has 2 aliphatic heterocycles. The number of pyridine rings is 1. The minimum absolute atomic E-state index is 0.0242. The quantitative estimate of drug-likeness (QED) is 0.727. The lowest BCUT2D eigenvalue weighted by Crippen LogP contribution is -2.44. The summed E-state index contributed by atoms with van der Waals surface area (Å²) < 4.78 is 11.0. The molecule has 0 bridgehead atoms. The summed E-state index contributed by atoms with van der Waals surface area (Å²) in [7, 11) is 0. The first-order chi connectivity index (χ1) is 14.1. The van der Waals surface area contributed by atoms with Crippen LogP contribution < -0.4 is 5.32 Å². The summed E-state index contributed by atoms with van der Waals surface area (Å²) in [4.78, 5) is 20.1. The van der Waals surface area contributed by atoms with Gasteiger partial charge in [0, 0.05) is 19.6 Å².